The topological polar surface area (TPSA) is 68.9 Å². The summed E-state index contributed by atoms with van der Waals surface area (Å²) in [6.07, 6.45) is 5.00. The molecule has 0 amide bonds. The smallest absolute Gasteiger partial charge is 0.235 e. The van der Waals surface area contributed by atoms with Gasteiger partial charge in [-0.15, -0.1) is 10.2 Å². The summed E-state index contributed by atoms with van der Waals surface area (Å²) in [5.74, 6) is 0.733. The van der Waals surface area contributed by atoms with E-state index in [-0.39, 0.29) is 5.41 Å². The molecule has 6 nitrogen and oxygen atoms in total. The van der Waals surface area contributed by atoms with E-state index in [0.717, 1.165) is 27.1 Å². The first-order valence-corrected chi connectivity index (χ1v) is 8.43. The quantitative estimate of drug-likeness (QED) is 0.559. The minimum absolute atomic E-state index is 0.123. The number of hydrogen-bond acceptors (Lipinski definition) is 6. The highest BCUT2D eigenvalue weighted by Crippen LogP contribution is 2.28. The van der Waals surface area contributed by atoms with Gasteiger partial charge in [-0.1, -0.05) is 56.4 Å². The third kappa shape index (κ3) is 2.56. The lowest BCUT2D eigenvalue weighted by Gasteiger charge is -2.18. The molecule has 4 aromatic rings. The Labute approximate surface area is 143 Å². The summed E-state index contributed by atoms with van der Waals surface area (Å²) in [7, 11) is 0. The SMILES string of the molecule is CC(C)(C)c1ccc(-c2nnc3sc(-c4cnccn4)nn23)cc1. The van der Waals surface area contributed by atoms with Gasteiger partial charge in [0.2, 0.25) is 4.96 Å². The Morgan fingerprint density at radius 3 is 2.46 bits per heavy atom. The lowest BCUT2D eigenvalue weighted by Crippen LogP contribution is -2.10. The molecule has 1 aromatic carbocycles. The second-order valence-corrected chi connectivity index (χ2v) is 7.50. The van der Waals surface area contributed by atoms with Crippen LogP contribution < -0.4 is 0 Å². The van der Waals surface area contributed by atoms with Gasteiger partial charge in [0.15, 0.2) is 10.8 Å². The number of benzene rings is 1. The van der Waals surface area contributed by atoms with E-state index < -0.39 is 0 Å². The van der Waals surface area contributed by atoms with Gasteiger partial charge < -0.3 is 0 Å². The Morgan fingerprint density at radius 2 is 1.79 bits per heavy atom. The number of nitrogens with zero attached hydrogens (tertiary/aromatic N) is 6. The molecule has 3 aromatic heterocycles. The maximum absolute atomic E-state index is 4.60. The van der Waals surface area contributed by atoms with E-state index in [0.29, 0.717) is 0 Å². The molecule has 0 unspecified atom stereocenters. The van der Waals surface area contributed by atoms with E-state index in [1.54, 1.807) is 23.1 Å². The van der Waals surface area contributed by atoms with E-state index in [2.05, 4.69) is 70.3 Å². The Kier molecular flexibility index (Phi) is 3.38. The monoisotopic (exact) mass is 336 g/mol. The zero-order chi connectivity index (χ0) is 16.7. The summed E-state index contributed by atoms with van der Waals surface area (Å²) < 4.78 is 1.76. The molecular formula is C17H16N6S. The molecule has 24 heavy (non-hydrogen) atoms. The summed E-state index contributed by atoms with van der Waals surface area (Å²) >= 11 is 1.45. The molecule has 3 heterocycles. The van der Waals surface area contributed by atoms with E-state index in [4.69, 9.17) is 0 Å². The normalized spacial score (nSPS) is 12.0. The molecule has 0 bridgehead atoms. The fraction of sp³-hybridized carbons (Fsp3) is 0.235. The van der Waals surface area contributed by atoms with Crippen molar-refractivity contribution in [2.75, 3.05) is 0 Å². The molecule has 0 atom stereocenters. The molecule has 4 rings (SSSR count). The second-order valence-electron chi connectivity index (χ2n) is 6.54. The highest BCUT2D eigenvalue weighted by atomic mass is 32.1. The van der Waals surface area contributed by atoms with Gasteiger partial charge in [-0.25, -0.2) is 0 Å². The molecule has 7 heteroatoms. The van der Waals surface area contributed by atoms with Gasteiger partial charge in [0, 0.05) is 18.0 Å². The Hall–Kier alpha value is -2.67. The van der Waals surface area contributed by atoms with Crippen molar-refractivity contribution in [2.45, 2.75) is 26.2 Å². The highest BCUT2D eigenvalue weighted by molar-refractivity contribution is 7.19. The molecule has 0 spiro atoms. The Bertz CT molecular complexity index is 980. The molecule has 0 aliphatic rings. The largest absolute Gasteiger partial charge is 0.261 e. The molecule has 0 radical (unpaired) electrons. The minimum Gasteiger partial charge on any atom is -0.261 e. The third-order valence-electron chi connectivity index (χ3n) is 3.78. The van der Waals surface area contributed by atoms with Crippen molar-refractivity contribution in [3.8, 4) is 22.1 Å². The Balaban J connectivity index is 1.76. The van der Waals surface area contributed by atoms with Crippen LogP contribution in [0.3, 0.4) is 0 Å². The summed E-state index contributed by atoms with van der Waals surface area (Å²) in [6.45, 7) is 6.60. The average molecular weight is 336 g/mol. The van der Waals surface area contributed by atoms with Crippen molar-refractivity contribution in [1.82, 2.24) is 29.8 Å². The maximum Gasteiger partial charge on any atom is 0.235 e. The summed E-state index contributed by atoms with van der Waals surface area (Å²) in [5.41, 5.74) is 3.14. The molecular weight excluding hydrogens is 320 g/mol. The van der Waals surface area contributed by atoms with Gasteiger partial charge >= 0.3 is 0 Å². The second kappa shape index (κ2) is 5.45. The first-order valence-electron chi connectivity index (χ1n) is 7.62. The fourth-order valence-electron chi connectivity index (χ4n) is 2.43. The summed E-state index contributed by atoms with van der Waals surface area (Å²) in [6, 6.07) is 8.40. The molecule has 0 saturated heterocycles. The average Bonchev–Trinajstić information content (AvgIpc) is 3.15. The van der Waals surface area contributed by atoms with Crippen molar-refractivity contribution in [2.24, 2.45) is 0 Å². The number of hydrogen-bond donors (Lipinski definition) is 0. The van der Waals surface area contributed by atoms with Crippen LogP contribution in [0.2, 0.25) is 0 Å². The zero-order valence-electron chi connectivity index (χ0n) is 13.6. The van der Waals surface area contributed by atoms with Crippen LogP contribution in [-0.4, -0.2) is 29.8 Å². The molecule has 0 N–H and O–H groups in total. The lowest BCUT2D eigenvalue weighted by atomic mass is 9.87. The van der Waals surface area contributed by atoms with Crippen molar-refractivity contribution in [3.63, 3.8) is 0 Å². The molecule has 0 aliphatic heterocycles. The van der Waals surface area contributed by atoms with Gasteiger partial charge in [0.1, 0.15) is 5.69 Å². The van der Waals surface area contributed by atoms with Gasteiger partial charge in [-0.2, -0.15) is 9.61 Å². The van der Waals surface area contributed by atoms with Crippen LogP contribution in [0.1, 0.15) is 26.3 Å². The zero-order valence-corrected chi connectivity index (χ0v) is 14.4. The van der Waals surface area contributed by atoms with Crippen LogP contribution >= 0.6 is 11.3 Å². The van der Waals surface area contributed by atoms with Crippen molar-refractivity contribution >= 4 is 16.3 Å². The number of rotatable bonds is 2. The van der Waals surface area contributed by atoms with Crippen LogP contribution in [-0.2, 0) is 5.41 Å². The van der Waals surface area contributed by atoms with Crippen LogP contribution in [0, 0.1) is 0 Å². The Morgan fingerprint density at radius 1 is 1.00 bits per heavy atom. The maximum atomic E-state index is 4.60. The number of aromatic nitrogens is 6. The van der Waals surface area contributed by atoms with Gasteiger partial charge in [-0.05, 0) is 11.0 Å². The molecule has 0 aliphatic carbocycles. The van der Waals surface area contributed by atoms with E-state index in [1.165, 1.54) is 16.9 Å². The van der Waals surface area contributed by atoms with Crippen molar-refractivity contribution in [3.05, 3.63) is 48.4 Å². The molecule has 0 fully saturated rings. The predicted molar refractivity (Wildman–Crippen MR) is 93.8 cm³/mol. The first kappa shape index (κ1) is 14.9. The lowest BCUT2D eigenvalue weighted by molar-refractivity contribution is 0.590. The van der Waals surface area contributed by atoms with Crippen LogP contribution in [0.25, 0.3) is 27.1 Å². The van der Waals surface area contributed by atoms with E-state index >= 15 is 0 Å². The van der Waals surface area contributed by atoms with Crippen LogP contribution in [0.15, 0.2) is 42.9 Å². The predicted octanol–water partition coefficient (Wildman–Crippen LogP) is 3.61. The van der Waals surface area contributed by atoms with E-state index in [9.17, 15) is 0 Å². The van der Waals surface area contributed by atoms with Gasteiger partial charge in [-0.3, -0.25) is 9.97 Å². The molecule has 0 saturated carbocycles. The van der Waals surface area contributed by atoms with Gasteiger partial charge in [0.05, 0.1) is 6.20 Å². The van der Waals surface area contributed by atoms with E-state index in [1.807, 2.05) is 0 Å². The minimum atomic E-state index is 0.123. The van der Waals surface area contributed by atoms with Crippen molar-refractivity contribution < 1.29 is 0 Å². The third-order valence-corrected chi connectivity index (χ3v) is 4.70. The highest BCUT2D eigenvalue weighted by Gasteiger charge is 2.17. The summed E-state index contributed by atoms with van der Waals surface area (Å²) in [5, 5.41) is 13.9. The summed E-state index contributed by atoms with van der Waals surface area (Å²) in [4.78, 5) is 9.12. The standard InChI is InChI=1S/C17H16N6S/c1-17(2,3)12-6-4-11(5-7-12)14-20-21-16-23(14)22-15(24-16)13-10-18-8-9-19-13/h4-10H,1-3H3. The van der Waals surface area contributed by atoms with Gasteiger partial charge in [0.25, 0.3) is 0 Å². The first-order chi connectivity index (χ1) is 11.5. The van der Waals surface area contributed by atoms with Crippen LogP contribution in [0.5, 0.6) is 0 Å². The van der Waals surface area contributed by atoms with Crippen molar-refractivity contribution in [1.29, 1.82) is 0 Å². The molecule has 120 valence electrons. The van der Waals surface area contributed by atoms with Crippen LogP contribution in [0.4, 0.5) is 0 Å². The fourth-order valence-corrected chi connectivity index (χ4v) is 3.23. The number of fused-ring (bicyclic) bond motifs is 1.